The molecule has 1 unspecified atom stereocenters. The average Bonchev–Trinajstić information content (AvgIpc) is 3.88. The number of benzene rings is 2. The number of nitrogens with zero attached hydrogens (tertiary/aromatic N) is 3. The largest absolute Gasteiger partial charge is 0.508 e. The number of hydrogen-bond donors (Lipinski definition) is 4. The van der Waals surface area contributed by atoms with Crippen molar-refractivity contribution in [1.82, 2.24) is 30.1 Å². The molecule has 10 nitrogen and oxygen atoms in total. The molecule has 2 aromatic carbocycles. The van der Waals surface area contributed by atoms with Crippen molar-refractivity contribution in [2.75, 3.05) is 20.1 Å². The van der Waals surface area contributed by atoms with Crippen molar-refractivity contribution in [3.8, 4) is 17.1 Å². The van der Waals surface area contributed by atoms with Crippen LogP contribution in [-0.4, -0.2) is 68.6 Å². The average molecular weight is 623 g/mol. The van der Waals surface area contributed by atoms with Crippen molar-refractivity contribution >= 4 is 33.8 Å². The second-order valence-electron chi connectivity index (χ2n) is 12.9. The number of H-pyrrole nitrogens is 1. The van der Waals surface area contributed by atoms with Crippen LogP contribution in [-0.2, 0) is 11.2 Å². The van der Waals surface area contributed by atoms with Gasteiger partial charge in [-0.3, -0.25) is 9.59 Å². The van der Waals surface area contributed by atoms with E-state index in [9.17, 15) is 14.7 Å². The minimum Gasteiger partial charge on any atom is -0.508 e. The molecule has 2 aliphatic rings. The molecule has 2 amide bonds. The van der Waals surface area contributed by atoms with Crippen molar-refractivity contribution in [2.24, 2.45) is 0 Å². The van der Waals surface area contributed by atoms with Gasteiger partial charge in [0.2, 0.25) is 5.91 Å². The highest BCUT2D eigenvalue weighted by Gasteiger charge is 2.27. The number of rotatable bonds is 10. The standard InChI is InChI=1S/C36H42N6O4/c1-41-16-5-8-26(41)13-15-37-36(45)32(19-25-21-38-30-11-10-28(43)20-29(25)30)40-35(44)23-9-12-33-31(18-23)39-34(24-14-17-46-22-24)42(33)27-6-3-2-4-7-27/h9-12,14,17-18,20-22,26-27,32,38,43H,2-8,13,15-16,19H2,1H3,(H,37,45)(H,40,44)/t26-,32?/m0/s1. The summed E-state index contributed by atoms with van der Waals surface area (Å²) in [5, 5.41) is 17.1. The monoisotopic (exact) mass is 622 g/mol. The highest BCUT2D eigenvalue weighted by molar-refractivity contribution is 6.00. The van der Waals surface area contributed by atoms with Crippen LogP contribution < -0.4 is 10.6 Å². The number of phenolic OH excluding ortho intramolecular Hbond substituents is 1. The summed E-state index contributed by atoms with van der Waals surface area (Å²) in [6, 6.07) is 12.6. The van der Waals surface area contributed by atoms with E-state index in [1.54, 1.807) is 30.7 Å². The molecule has 4 heterocycles. The van der Waals surface area contributed by atoms with Crippen LogP contribution in [0.3, 0.4) is 0 Å². The zero-order valence-corrected chi connectivity index (χ0v) is 26.3. The maximum Gasteiger partial charge on any atom is 0.252 e. The van der Waals surface area contributed by atoms with Gasteiger partial charge in [-0.05, 0) is 93.7 Å². The second-order valence-corrected chi connectivity index (χ2v) is 12.9. The van der Waals surface area contributed by atoms with Crippen molar-refractivity contribution < 1.29 is 19.1 Å². The summed E-state index contributed by atoms with van der Waals surface area (Å²) in [4.78, 5) is 38.0. The molecule has 4 N–H and O–H groups in total. The highest BCUT2D eigenvalue weighted by atomic mass is 16.3. The number of carbonyl (C=O) groups is 2. The molecule has 7 rings (SSSR count). The van der Waals surface area contributed by atoms with Gasteiger partial charge in [-0.25, -0.2) is 4.98 Å². The van der Waals surface area contributed by atoms with Gasteiger partial charge in [0.1, 0.15) is 23.9 Å². The van der Waals surface area contributed by atoms with Gasteiger partial charge in [-0.15, -0.1) is 0 Å². The summed E-state index contributed by atoms with van der Waals surface area (Å²) in [5.41, 5.74) is 4.79. The van der Waals surface area contributed by atoms with Gasteiger partial charge < -0.3 is 34.6 Å². The van der Waals surface area contributed by atoms with Gasteiger partial charge >= 0.3 is 0 Å². The molecule has 0 spiro atoms. The maximum atomic E-state index is 13.8. The van der Waals surface area contributed by atoms with Gasteiger partial charge in [-0.2, -0.15) is 0 Å². The number of nitrogens with one attached hydrogen (secondary N) is 3. The lowest BCUT2D eigenvalue weighted by Crippen LogP contribution is -2.48. The first kappa shape index (κ1) is 30.1. The first-order valence-electron chi connectivity index (χ1n) is 16.6. The fourth-order valence-electron chi connectivity index (χ4n) is 7.38. The lowest BCUT2D eigenvalue weighted by atomic mass is 9.95. The number of aromatic hydroxyl groups is 1. The van der Waals surface area contributed by atoms with Gasteiger partial charge in [-0.1, -0.05) is 19.3 Å². The van der Waals surface area contributed by atoms with Crippen molar-refractivity contribution in [1.29, 1.82) is 0 Å². The molecule has 1 aliphatic carbocycles. The van der Waals surface area contributed by atoms with Crippen molar-refractivity contribution in [3.63, 3.8) is 0 Å². The Labute approximate surface area is 268 Å². The third-order valence-corrected chi connectivity index (χ3v) is 9.92. The van der Waals surface area contributed by atoms with E-state index in [1.807, 2.05) is 30.5 Å². The van der Waals surface area contributed by atoms with Crippen molar-refractivity contribution in [2.45, 2.75) is 75.9 Å². The topological polar surface area (TPSA) is 128 Å². The number of fused-ring (bicyclic) bond motifs is 2. The second kappa shape index (κ2) is 13.0. The van der Waals surface area contributed by atoms with Crippen LogP contribution in [0.4, 0.5) is 0 Å². The summed E-state index contributed by atoms with van der Waals surface area (Å²) in [6.45, 7) is 1.62. The molecular formula is C36H42N6O4. The first-order valence-corrected chi connectivity index (χ1v) is 16.6. The molecule has 1 aliphatic heterocycles. The van der Waals surface area contributed by atoms with Gasteiger partial charge in [0.15, 0.2) is 0 Å². The lowest BCUT2D eigenvalue weighted by molar-refractivity contribution is -0.123. The molecule has 0 bridgehead atoms. The Morgan fingerprint density at radius 2 is 1.96 bits per heavy atom. The van der Waals surface area contributed by atoms with E-state index in [-0.39, 0.29) is 24.0 Å². The first-order chi connectivity index (χ1) is 22.4. The SMILES string of the molecule is CN1CCC[C@H]1CCNC(=O)C(Cc1c[nH]c2ccc(O)cc12)NC(=O)c1ccc2c(c1)nc(-c1ccoc1)n2C1CCCCC1. The van der Waals surface area contributed by atoms with Gasteiger partial charge in [0.25, 0.3) is 5.91 Å². The van der Waals surface area contributed by atoms with Crippen LogP contribution in [0.2, 0.25) is 0 Å². The molecule has 1 saturated heterocycles. The zero-order valence-electron chi connectivity index (χ0n) is 26.3. The summed E-state index contributed by atoms with van der Waals surface area (Å²) in [7, 11) is 2.13. The Hall–Kier alpha value is -4.57. The van der Waals surface area contributed by atoms with Crippen LogP contribution in [0.15, 0.2) is 65.6 Å². The van der Waals surface area contributed by atoms with Gasteiger partial charge in [0.05, 0.1) is 22.9 Å². The molecule has 240 valence electrons. The van der Waals surface area contributed by atoms with E-state index >= 15 is 0 Å². The molecule has 0 radical (unpaired) electrons. The van der Waals surface area contributed by atoms with Gasteiger partial charge in [0, 0.05) is 47.7 Å². The van der Waals surface area contributed by atoms with E-state index in [0.29, 0.717) is 24.2 Å². The predicted octanol–water partition coefficient (Wildman–Crippen LogP) is 5.93. The lowest BCUT2D eigenvalue weighted by Gasteiger charge is -2.25. The third-order valence-electron chi connectivity index (χ3n) is 9.92. The number of carbonyl (C=O) groups excluding carboxylic acids is 2. The Kier molecular flexibility index (Phi) is 8.53. The number of hydrogen-bond acceptors (Lipinski definition) is 6. The quantitative estimate of drug-likeness (QED) is 0.153. The van der Waals surface area contributed by atoms with E-state index < -0.39 is 6.04 Å². The number of amides is 2. The minimum absolute atomic E-state index is 0.148. The highest BCUT2D eigenvalue weighted by Crippen LogP contribution is 2.36. The molecule has 3 aromatic heterocycles. The summed E-state index contributed by atoms with van der Waals surface area (Å²) in [5.74, 6) is 0.432. The van der Waals surface area contributed by atoms with E-state index in [0.717, 1.165) is 71.1 Å². The van der Waals surface area contributed by atoms with Crippen LogP contribution in [0.5, 0.6) is 5.75 Å². The number of likely N-dealkylation sites (tertiary alicyclic amines) is 1. The minimum atomic E-state index is -0.813. The predicted molar refractivity (Wildman–Crippen MR) is 178 cm³/mol. The number of imidazole rings is 1. The van der Waals surface area contributed by atoms with Crippen LogP contribution in [0.1, 0.15) is 73.3 Å². The van der Waals surface area contributed by atoms with E-state index in [2.05, 4.69) is 32.1 Å². The molecule has 46 heavy (non-hydrogen) atoms. The Morgan fingerprint density at radius 1 is 1.09 bits per heavy atom. The number of phenols is 1. The van der Waals surface area contributed by atoms with Crippen LogP contribution >= 0.6 is 0 Å². The summed E-state index contributed by atoms with van der Waals surface area (Å²) < 4.78 is 7.71. The third kappa shape index (κ3) is 6.13. The molecular weight excluding hydrogens is 580 g/mol. The molecule has 2 fully saturated rings. The molecule has 10 heteroatoms. The van der Waals surface area contributed by atoms with E-state index in [4.69, 9.17) is 9.40 Å². The normalized spacial score (nSPS) is 18.3. The number of furan rings is 1. The van der Waals surface area contributed by atoms with Crippen LogP contribution in [0.25, 0.3) is 33.3 Å². The van der Waals surface area contributed by atoms with Crippen molar-refractivity contribution in [3.05, 3.63) is 72.3 Å². The Bertz CT molecular complexity index is 1830. The Morgan fingerprint density at radius 3 is 2.74 bits per heavy atom. The number of aromatic nitrogens is 3. The number of aromatic amines is 1. The smallest absolute Gasteiger partial charge is 0.252 e. The fourth-order valence-corrected chi connectivity index (χ4v) is 7.38. The zero-order chi connectivity index (χ0) is 31.6. The molecule has 5 aromatic rings. The molecule has 1 saturated carbocycles. The maximum absolute atomic E-state index is 13.8. The Balaban J connectivity index is 1.15. The fraction of sp³-hybridized carbons (Fsp3) is 0.417. The van der Waals surface area contributed by atoms with Crippen LogP contribution in [0, 0.1) is 0 Å². The summed E-state index contributed by atoms with van der Waals surface area (Å²) in [6.07, 6.45) is 14.5. The molecule has 2 atom stereocenters. The summed E-state index contributed by atoms with van der Waals surface area (Å²) >= 11 is 0. The van der Waals surface area contributed by atoms with E-state index in [1.165, 1.54) is 25.7 Å².